The first-order chi connectivity index (χ1) is 12.4. The molecule has 3 N–H and O–H groups in total. The maximum absolute atomic E-state index is 12.1. The number of carbonyl (C=O) groups excluding carboxylic acids is 1. The first kappa shape index (κ1) is 18.9. The summed E-state index contributed by atoms with van der Waals surface area (Å²) < 4.78 is 10.6. The second-order valence-corrected chi connectivity index (χ2v) is 5.56. The lowest BCUT2D eigenvalue weighted by molar-refractivity contribution is -0.121. The Morgan fingerprint density at radius 1 is 1.38 bits per heavy atom. The molecule has 26 heavy (non-hydrogen) atoms. The second kappa shape index (κ2) is 8.07. The van der Waals surface area contributed by atoms with E-state index in [9.17, 15) is 19.8 Å². The third kappa shape index (κ3) is 4.13. The monoisotopic (exact) mass is 358 g/mol. The highest BCUT2D eigenvalue weighted by Gasteiger charge is 2.26. The number of benzene rings is 1. The summed E-state index contributed by atoms with van der Waals surface area (Å²) >= 11 is 0. The average Bonchev–Trinajstić information content (AvgIpc) is 2.61. The lowest BCUT2D eigenvalue weighted by atomic mass is 9.91. The van der Waals surface area contributed by atoms with Crippen molar-refractivity contribution < 1.29 is 24.2 Å². The lowest BCUT2D eigenvalue weighted by Crippen LogP contribution is -2.26. The normalized spacial score (nSPS) is 11.4. The van der Waals surface area contributed by atoms with Crippen LogP contribution in [0.3, 0.4) is 0 Å². The number of aromatic hydroxyl groups is 2. The van der Waals surface area contributed by atoms with Gasteiger partial charge in [-0.3, -0.25) is 9.59 Å². The number of amides is 1. The molecule has 2 aromatic rings. The highest BCUT2D eigenvalue weighted by molar-refractivity contribution is 5.77. The minimum absolute atomic E-state index is 0.0742. The van der Waals surface area contributed by atoms with Gasteiger partial charge in [0.25, 0.3) is 0 Å². The Labute approximate surface area is 149 Å². The zero-order valence-corrected chi connectivity index (χ0v) is 14.3. The maximum atomic E-state index is 12.1. The van der Waals surface area contributed by atoms with Gasteiger partial charge in [0.1, 0.15) is 12.3 Å². The molecule has 1 amide bonds. The number of carbonyl (C=O) groups is 1. The van der Waals surface area contributed by atoms with Crippen LogP contribution in [0.4, 0.5) is 0 Å². The van der Waals surface area contributed by atoms with Crippen LogP contribution < -0.4 is 15.5 Å². The SMILES string of the molecule is COc1cc([C@@H](CC(=O)NCC#N)c2oc(C)cc(=O)c2O)ccc1O. The van der Waals surface area contributed by atoms with Crippen LogP contribution in [0.15, 0.2) is 33.5 Å². The molecule has 0 aliphatic rings. The summed E-state index contributed by atoms with van der Waals surface area (Å²) in [6, 6.07) is 7.33. The molecule has 1 heterocycles. The molecule has 0 aliphatic carbocycles. The van der Waals surface area contributed by atoms with Gasteiger partial charge in [0.2, 0.25) is 17.1 Å². The lowest BCUT2D eigenvalue weighted by Gasteiger charge is -2.18. The van der Waals surface area contributed by atoms with Gasteiger partial charge >= 0.3 is 0 Å². The molecule has 136 valence electrons. The standard InChI is InChI=1S/C18H18N2O6/c1-10-7-14(22)17(24)18(26-10)12(9-16(23)20-6-5-19)11-3-4-13(21)15(8-11)25-2/h3-4,7-8,12,21,24H,6,9H2,1-2H3,(H,20,23)/t12-/m1/s1. The van der Waals surface area contributed by atoms with E-state index < -0.39 is 23.0 Å². The molecule has 0 saturated heterocycles. The first-order valence-electron chi connectivity index (χ1n) is 7.71. The number of phenolic OH excluding ortho intramolecular Hbond substituents is 1. The predicted octanol–water partition coefficient (Wildman–Crippen LogP) is 1.53. The molecule has 0 saturated carbocycles. The smallest absolute Gasteiger partial charge is 0.227 e. The van der Waals surface area contributed by atoms with Crippen molar-refractivity contribution in [1.82, 2.24) is 5.32 Å². The minimum Gasteiger partial charge on any atom is -0.504 e. The van der Waals surface area contributed by atoms with Crippen molar-refractivity contribution >= 4 is 5.91 Å². The quantitative estimate of drug-likeness (QED) is 0.667. The van der Waals surface area contributed by atoms with E-state index in [2.05, 4.69) is 5.32 Å². The molecule has 1 atom stereocenters. The molecule has 1 aromatic heterocycles. The van der Waals surface area contributed by atoms with Gasteiger partial charge in [0.05, 0.1) is 19.1 Å². The summed E-state index contributed by atoms with van der Waals surface area (Å²) in [5.41, 5.74) is -0.146. The molecule has 0 fully saturated rings. The molecule has 0 spiro atoms. The number of ether oxygens (including phenoxy) is 1. The van der Waals surface area contributed by atoms with E-state index in [1.54, 1.807) is 13.0 Å². The van der Waals surface area contributed by atoms with Gasteiger partial charge in [-0.1, -0.05) is 6.07 Å². The van der Waals surface area contributed by atoms with Crippen LogP contribution in [0.5, 0.6) is 17.2 Å². The van der Waals surface area contributed by atoms with Gasteiger partial charge in [-0.15, -0.1) is 0 Å². The second-order valence-electron chi connectivity index (χ2n) is 5.56. The third-order valence-corrected chi connectivity index (χ3v) is 3.75. The summed E-state index contributed by atoms with van der Waals surface area (Å²) in [7, 11) is 1.37. The summed E-state index contributed by atoms with van der Waals surface area (Å²) in [5, 5.41) is 30.9. The first-order valence-corrected chi connectivity index (χ1v) is 7.71. The predicted molar refractivity (Wildman–Crippen MR) is 91.1 cm³/mol. The fourth-order valence-electron chi connectivity index (χ4n) is 2.53. The van der Waals surface area contributed by atoms with Crippen LogP contribution in [-0.2, 0) is 4.79 Å². The summed E-state index contributed by atoms with van der Waals surface area (Å²) in [6.07, 6.45) is -0.185. The van der Waals surface area contributed by atoms with Crippen LogP contribution in [-0.4, -0.2) is 29.8 Å². The van der Waals surface area contributed by atoms with Crippen molar-refractivity contribution in [3.05, 3.63) is 51.6 Å². The Hall–Kier alpha value is -3.47. The Morgan fingerprint density at radius 2 is 2.12 bits per heavy atom. The zero-order valence-electron chi connectivity index (χ0n) is 14.3. The molecule has 8 heteroatoms. The number of nitrogens with one attached hydrogen (secondary N) is 1. The van der Waals surface area contributed by atoms with Gasteiger partial charge < -0.3 is 24.7 Å². The molecular formula is C18H18N2O6. The molecular weight excluding hydrogens is 340 g/mol. The van der Waals surface area contributed by atoms with E-state index in [1.165, 1.54) is 25.3 Å². The summed E-state index contributed by atoms with van der Waals surface area (Å²) in [5.74, 6) is -1.62. The fraction of sp³-hybridized carbons (Fsp3) is 0.278. The van der Waals surface area contributed by atoms with Crippen molar-refractivity contribution in [2.75, 3.05) is 13.7 Å². The van der Waals surface area contributed by atoms with Crippen molar-refractivity contribution in [1.29, 1.82) is 5.26 Å². The molecule has 2 rings (SSSR count). The fourth-order valence-corrected chi connectivity index (χ4v) is 2.53. The molecule has 0 radical (unpaired) electrons. The summed E-state index contributed by atoms with van der Waals surface area (Å²) in [6.45, 7) is 1.38. The maximum Gasteiger partial charge on any atom is 0.227 e. The zero-order chi connectivity index (χ0) is 19.3. The van der Waals surface area contributed by atoms with Crippen molar-refractivity contribution in [2.45, 2.75) is 19.3 Å². The van der Waals surface area contributed by atoms with E-state index in [0.29, 0.717) is 5.56 Å². The highest BCUT2D eigenvalue weighted by atomic mass is 16.5. The summed E-state index contributed by atoms with van der Waals surface area (Å²) in [4.78, 5) is 24.0. The number of hydrogen-bond donors (Lipinski definition) is 3. The number of methoxy groups -OCH3 is 1. The molecule has 8 nitrogen and oxygen atoms in total. The van der Waals surface area contributed by atoms with Gasteiger partial charge in [-0.25, -0.2) is 0 Å². The number of phenols is 1. The van der Waals surface area contributed by atoms with Crippen molar-refractivity contribution in [3.8, 4) is 23.3 Å². The highest BCUT2D eigenvalue weighted by Crippen LogP contribution is 2.37. The number of nitrogens with zero attached hydrogens (tertiary/aromatic N) is 1. The minimum atomic E-state index is -0.823. The number of aryl methyl sites for hydroxylation is 1. The molecule has 0 aliphatic heterocycles. The molecule has 0 bridgehead atoms. The van der Waals surface area contributed by atoms with E-state index >= 15 is 0 Å². The topological polar surface area (TPSA) is 133 Å². The number of nitriles is 1. The largest absolute Gasteiger partial charge is 0.504 e. The van der Waals surface area contributed by atoms with E-state index in [-0.39, 0.29) is 36.0 Å². The van der Waals surface area contributed by atoms with Crippen LogP contribution in [0, 0.1) is 18.3 Å². The van der Waals surface area contributed by atoms with Crippen molar-refractivity contribution in [3.63, 3.8) is 0 Å². The van der Waals surface area contributed by atoms with E-state index in [4.69, 9.17) is 14.4 Å². The Morgan fingerprint density at radius 3 is 2.77 bits per heavy atom. The Bertz CT molecular complexity index is 913. The van der Waals surface area contributed by atoms with Crippen molar-refractivity contribution in [2.24, 2.45) is 0 Å². The van der Waals surface area contributed by atoms with E-state index in [1.807, 2.05) is 0 Å². The molecule has 0 unspecified atom stereocenters. The van der Waals surface area contributed by atoms with Gasteiger partial charge in [0, 0.05) is 12.5 Å². The van der Waals surface area contributed by atoms with Crippen LogP contribution >= 0.6 is 0 Å². The van der Waals surface area contributed by atoms with Crippen LogP contribution in [0.25, 0.3) is 0 Å². The van der Waals surface area contributed by atoms with E-state index in [0.717, 1.165) is 6.07 Å². The van der Waals surface area contributed by atoms with Crippen LogP contribution in [0.2, 0.25) is 0 Å². The van der Waals surface area contributed by atoms with Crippen LogP contribution in [0.1, 0.15) is 29.4 Å². The Kier molecular flexibility index (Phi) is 5.86. The van der Waals surface area contributed by atoms with Gasteiger partial charge in [0.15, 0.2) is 17.3 Å². The van der Waals surface area contributed by atoms with Gasteiger partial charge in [-0.2, -0.15) is 5.26 Å². The third-order valence-electron chi connectivity index (χ3n) is 3.75. The van der Waals surface area contributed by atoms with Gasteiger partial charge in [-0.05, 0) is 24.6 Å². The number of hydrogen-bond acceptors (Lipinski definition) is 7. The average molecular weight is 358 g/mol. The Balaban J connectivity index is 2.55. The molecule has 1 aromatic carbocycles. The number of rotatable bonds is 6.